The Morgan fingerprint density at radius 1 is 0.846 bits per heavy atom. The molecular weight excluding hydrogens is 211 g/mol. The van der Waals surface area contributed by atoms with E-state index < -0.39 is 40.4 Å². The van der Waals surface area contributed by atoms with Crippen molar-refractivity contribution in [1.82, 2.24) is 0 Å². The number of hydrogen-bond acceptors (Lipinski definition) is 1. The molecule has 0 radical (unpaired) electrons. The predicted octanol–water partition coefficient (Wildman–Crippen LogP) is 3.00. The highest BCUT2D eigenvalue weighted by molar-refractivity contribution is 7.80. The Labute approximate surface area is 75.8 Å². The zero-order valence-corrected chi connectivity index (χ0v) is 6.94. The zero-order chi connectivity index (χ0) is 10.2. The molecule has 1 rings (SSSR count). The number of halogens is 5. The third kappa shape index (κ3) is 1.50. The predicted molar refractivity (Wildman–Crippen MR) is 38.3 cm³/mol. The van der Waals surface area contributed by atoms with E-state index in [4.69, 9.17) is 0 Å². The minimum absolute atomic E-state index is 0.848. The topological polar surface area (TPSA) is 0 Å². The lowest BCUT2D eigenvalue weighted by molar-refractivity contribution is 0.374. The summed E-state index contributed by atoms with van der Waals surface area (Å²) < 4.78 is 62.1. The molecule has 0 unspecified atom stereocenters. The minimum Gasteiger partial charge on any atom is -0.246 e. The molecule has 0 aliphatic rings. The first-order chi connectivity index (χ1) is 6.00. The Morgan fingerprint density at radius 2 is 1.31 bits per heavy atom. The van der Waals surface area contributed by atoms with E-state index in [1.54, 1.807) is 0 Å². The summed E-state index contributed by atoms with van der Waals surface area (Å²) in [5, 5.41) is 0. The molecule has 0 saturated heterocycles. The molecule has 0 heterocycles. The van der Waals surface area contributed by atoms with Gasteiger partial charge in [-0.2, -0.15) is 0 Å². The van der Waals surface area contributed by atoms with Gasteiger partial charge in [0.2, 0.25) is 0 Å². The number of thiol groups is 1. The SMILES string of the molecule is FCc1c(F)c(F)c(F)c(F)c1S. The van der Waals surface area contributed by atoms with Gasteiger partial charge < -0.3 is 0 Å². The van der Waals surface area contributed by atoms with E-state index in [1.165, 1.54) is 0 Å². The fourth-order valence-electron chi connectivity index (χ4n) is 0.788. The van der Waals surface area contributed by atoms with E-state index in [0.717, 1.165) is 0 Å². The Kier molecular flexibility index (Phi) is 2.80. The third-order valence-electron chi connectivity index (χ3n) is 1.47. The fourth-order valence-corrected chi connectivity index (χ4v) is 1.04. The number of alkyl halides is 1. The first-order valence-corrected chi connectivity index (χ1v) is 3.55. The van der Waals surface area contributed by atoms with Gasteiger partial charge >= 0.3 is 0 Å². The first-order valence-electron chi connectivity index (χ1n) is 3.10. The van der Waals surface area contributed by atoms with E-state index in [2.05, 4.69) is 12.6 Å². The van der Waals surface area contributed by atoms with Crippen molar-refractivity contribution in [3.05, 3.63) is 28.8 Å². The van der Waals surface area contributed by atoms with Crippen LogP contribution in [0.4, 0.5) is 22.0 Å². The molecule has 0 N–H and O–H groups in total. The second-order valence-electron chi connectivity index (χ2n) is 2.22. The average Bonchev–Trinajstić information content (AvgIpc) is 2.13. The molecule has 72 valence electrons. The standard InChI is InChI=1S/C7H3F5S/c8-1-2-3(9)4(10)5(11)6(12)7(2)13/h13H,1H2. The van der Waals surface area contributed by atoms with E-state index in [0.29, 0.717) is 0 Å². The minimum atomic E-state index is -2.03. The van der Waals surface area contributed by atoms with E-state index >= 15 is 0 Å². The maximum absolute atomic E-state index is 12.6. The summed E-state index contributed by atoms with van der Waals surface area (Å²) in [6.07, 6.45) is 0. The highest BCUT2D eigenvalue weighted by Crippen LogP contribution is 2.27. The van der Waals surface area contributed by atoms with Crippen LogP contribution >= 0.6 is 12.6 Å². The van der Waals surface area contributed by atoms with Gasteiger partial charge in [-0.05, 0) is 0 Å². The van der Waals surface area contributed by atoms with E-state index in [1.807, 2.05) is 0 Å². The summed E-state index contributed by atoms with van der Waals surface area (Å²) in [7, 11) is 0. The molecule has 0 bridgehead atoms. The Bertz CT molecular complexity index is 320. The second kappa shape index (κ2) is 3.53. The summed E-state index contributed by atoms with van der Waals surface area (Å²) >= 11 is 3.32. The molecule has 0 nitrogen and oxygen atoms in total. The molecule has 0 amide bonds. The van der Waals surface area contributed by atoms with E-state index in [-0.39, 0.29) is 0 Å². The van der Waals surface area contributed by atoms with E-state index in [9.17, 15) is 22.0 Å². The summed E-state index contributed by atoms with van der Waals surface area (Å²) in [5.74, 6) is -7.44. The molecule has 0 aliphatic heterocycles. The van der Waals surface area contributed by atoms with Crippen LogP contribution in [0.25, 0.3) is 0 Å². The molecule has 0 saturated carbocycles. The highest BCUT2D eigenvalue weighted by Gasteiger charge is 2.23. The van der Waals surface area contributed by atoms with Crippen molar-refractivity contribution in [1.29, 1.82) is 0 Å². The molecule has 0 aromatic heterocycles. The van der Waals surface area contributed by atoms with Gasteiger partial charge in [0.05, 0.1) is 4.90 Å². The van der Waals surface area contributed by atoms with Crippen LogP contribution in [0.2, 0.25) is 0 Å². The van der Waals surface area contributed by atoms with Gasteiger partial charge in [0.25, 0.3) is 0 Å². The quantitative estimate of drug-likeness (QED) is 0.316. The van der Waals surface area contributed by atoms with Gasteiger partial charge in [-0.1, -0.05) is 0 Å². The summed E-state index contributed by atoms with van der Waals surface area (Å²) in [4.78, 5) is -0.848. The molecule has 13 heavy (non-hydrogen) atoms. The van der Waals surface area contributed by atoms with Crippen LogP contribution in [0.1, 0.15) is 5.56 Å². The lowest BCUT2D eigenvalue weighted by Crippen LogP contribution is -2.02. The molecule has 0 aliphatic carbocycles. The second-order valence-corrected chi connectivity index (χ2v) is 2.66. The molecule has 0 fully saturated rings. The van der Waals surface area contributed by atoms with Crippen molar-refractivity contribution in [2.45, 2.75) is 11.6 Å². The largest absolute Gasteiger partial charge is 0.246 e. The van der Waals surface area contributed by atoms with Crippen LogP contribution in [-0.4, -0.2) is 0 Å². The lowest BCUT2D eigenvalue weighted by atomic mass is 10.2. The number of hydrogen-bond donors (Lipinski definition) is 1. The van der Waals surface area contributed by atoms with Crippen molar-refractivity contribution in [3.8, 4) is 0 Å². The third-order valence-corrected chi connectivity index (χ3v) is 1.94. The van der Waals surface area contributed by atoms with Crippen molar-refractivity contribution < 1.29 is 22.0 Å². The van der Waals surface area contributed by atoms with Crippen LogP contribution in [0.15, 0.2) is 4.90 Å². The molecule has 0 spiro atoms. The number of rotatable bonds is 1. The first kappa shape index (κ1) is 10.3. The monoisotopic (exact) mass is 214 g/mol. The van der Waals surface area contributed by atoms with Gasteiger partial charge in [-0.3, -0.25) is 0 Å². The fraction of sp³-hybridized carbons (Fsp3) is 0.143. The van der Waals surface area contributed by atoms with Crippen LogP contribution < -0.4 is 0 Å². The van der Waals surface area contributed by atoms with Crippen molar-refractivity contribution >= 4 is 12.6 Å². The van der Waals surface area contributed by atoms with Gasteiger partial charge in [0, 0.05) is 5.56 Å². The Balaban J connectivity index is 3.56. The average molecular weight is 214 g/mol. The molecule has 1 aromatic rings. The van der Waals surface area contributed by atoms with Crippen LogP contribution in [0.3, 0.4) is 0 Å². The highest BCUT2D eigenvalue weighted by atomic mass is 32.1. The summed E-state index contributed by atoms with van der Waals surface area (Å²) in [6.45, 7) is -1.45. The molecular formula is C7H3F5S. The van der Waals surface area contributed by atoms with Crippen LogP contribution in [0, 0.1) is 23.3 Å². The van der Waals surface area contributed by atoms with Gasteiger partial charge in [-0.25, -0.2) is 22.0 Å². The zero-order valence-electron chi connectivity index (χ0n) is 6.04. The Hall–Kier alpha value is -0.780. The molecule has 0 atom stereocenters. The van der Waals surface area contributed by atoms with Crippen molar-refractivity contribution in [2.24, 2.45) is 0 Å². The number of benzene rings is 1. The molecule has 1 aromatic carbocycles. The van der Waals surface area contributed by atoms with Crippen LogP contribution in [-0.2, 0) is 6.67 Å². The normalized spacial score (nSPS) is 10.6. The van der Waals surface area contributed by atoms with Crippen molar-refractivity contribution in [2.75, 3.05) is 0 Å². The maximum atomic E-state index is 12.6. The molecule has 6 heteroatoms. The van der Waals surface area contributed by atoms with Gasteiger partial charge in [-0.15, -0.1) is 12.6 Å². The van der Waals surface area contributed by atoms with Crippen molar-refractivity contribution in [3.63, 3.8) is 0 Å². The lowest BCUT2D eigenvalue weighted by Gasteiger charge is -2.05. The smallest absolute Gasteiger partial charge is 0.198 e. The van der Waals surface area contributed by atoms with Crippen LogP contribution in [0.5, 0.6) is 0 Å². The van der Waals surface area contributed by atoms with Gasteiger partial charge in [0.1, 0.15) is 6.67 Å². The van der Waals surface area contributed by atoms with Gasteiger partial charge in [0.15, 0.2) is 23.3 Å². The Morgan fingerprint density at radius 3 is 1.77 bits per heavy atom. The summed E-state index contributed by atoms with van der Waals surface area (Å²) in [5.41, 5.74) is -0.917. The summed E-state index contributed by atoms with van der Waals surface area (Å²) in [6, 6.07) is 0. The maximum Gasteiger partial charge on any atom is 0.198 e.